The second kappa shape index (κ2) is 2.64. The fourth-order valence-electron chi connectivity index (χ4n) is 1.000. The van der Waals surface area contributed by atoms with E-state index in [0.29, 0.717) is 6.61 Å². The first-order chi connectivity index (χ1) is 4.25. The number of aliphatic hydroxyl groups excluding tert-OH is 2. The van der Waals surface area contributed by atoms with Crippen molar-refractivity contribution in [2.75, 3.05) is 13.2 Å². The highest BCUT2D eigenvalue weighted by Gasteiger charge is 2.31. The number of aliphatic hydroxyl groups is 2. The fourth-order valence-corrected chi connectivity index (χ4v) is 1.000. The number of ether oxygens (including phenoxy) is 1. The minimum Gasteiger partial charge on any atom is -0.394 e. The van der Waals surface area contributed by atoms with Crippen LogP contribution in [0.2, 0.25) is 0 Å². The van der Waals surface area contributed by atoms with Crippen LogP contribution in [0.3, 0.4) is 0 Å². The molecule has 0 spiro atoms. The Bertz CT molecular complexity index is 94.3. The van der Waals surface area contributed by atoms with Crippen LogP contribution in [0.25, 0.3) is 0 Å². The van der Waals surface area contributed by atoms with E-state index in [1.807, 2.05) is 6.92 Å². The molecule has 0 aromatic carbocycles. The molecule has 3 heteroatoms. The topological polar surface area (TPSA) is 49.7 Å². The molecule has 54 valence electrons. The molecule has 0 radical (unpaired) electrons. The second-order valence-electron chi connectivity index (χ2n) is 2.52. The van der Waals surface area contributed by atoms with E-state index in [1.54, 1.807) is 0 Å². The SMILES string of the molecule is C[C@@H]1CO[C@H](CO)[C@H]1O. The predicted molar refractivity (Wildman–Crippen MR) is 32.0 cm³/mol. The van der Waals surface area contributed by atoms with Crippen molar-refractivity contribution in [2.24, 2.45) is 5.92 Å². The van der Waals surface area contributed by atoms with Gasteiger partial charge in [0.15, 0.2) is 0 Å². The zero-order chi connectivity index (χ0) is 6.85. The summed E-state index contributed by atoms with van der Waals surface area (Å²) < 4.78 is 5.03. The van der Waals surface area contributed by atoms with Crippen molar-refractivity contribution in [3.05, 3.63) is 0 Å². The zero-order valence-corrected chi connectivity index (χ0v) is 5.45. The minimum atomic E-state index is -0.477. The van der Waals surface area contributed by atoms with Crippen molar-refractivity contribution in [3.63, 3.8) is 0 Å². The Morgan fingerprint density at radius 1 is 1.67 bits per heavy atom. The van der Waals surface area contributed by atoms with Gasteiger partial charge in [-0.05, 0) is 0 Å². The Labute approximate surface area is 54.3 Å². The van der Waals surface area contributed by atoms with E-state index in [-0.39, 0.29) is 18.6 Å². The summed E-state index contributed by atoms with van der Waals surface area (Å²) >= 11 is 0. The van der Waals surface area contributed by atoms with Crippen LogP contribution in [-0.4, -0.2) is 35.6 Å². The standard InChI is InChI=1S/C6H12O3/c1-4-3-9-5(2-7)6(4)8/h4-8H,2-3H2,1H3/t4-,5-,6+/m1/s1. The normalized spacial score (nSPS) is 43.7. The van der Waals surface area contributed by atoms with Crippen molar-refractivity contribution < 1.29 is 14.9 Å². The lowest BCUT2D eigenvalue weighted by Crippen LogP contribution is -2.27. The molecule has 1 aliphatic rings. The van der Waals surface area contributed by atoms with Gasteiger partial charge < -0.3 is 14.9 Å². The number of hydrogen-bond acceptors (Lipinski definition) is 3. The van der Waals surface area contributed by atoms with Gasteiger partial charge in [0.1, 0.15) is 6.10 Å². The fraction of sp³-hybridized carbons (Fsp3) is 1.00. The molecule has 0 bridgehead atoms. The molecule has 0 aliphatic carbocycles. The summed E-state index contributed by atoms with van der Waals surface area (Å²) in [5, 5.41) is 17.7. The molecule has 0 amide bonds. The van der Waals surface area contributed by atoms with Gasteiger partial charge in [0.2, 0.25) is 0 Å². The van der Waals surface area contributed by atoms with Gasteiger partial charge in [0.25, 0.3) is 0 Å². The first kappa shape index (κ1) is 6.99. The third-order valence-electron chi connectivity index (χ3n) is 1.72. The van der Waals surface area contributed by atoms with Gasteiger partial charge >= 0.3 is 0 Å². The van der Waals surface area contributed by atoms with Crippen LogP contribution in [0.5, 0.6) is 0 Å². The van der Waals surface area contributed by atoms with Crippen LogP contribution in [0.15, 0.2) is 0 Å². The maximum absolute atomic E-state index is 9.17. The van der Waals surface area contributed by atoms with Crippen molar-refractivity contribution in [1.29, 1.82) is 0 Å². The Balaban J connectivity index is 2.41. The highest BCUT2D eigenvalue weighted by atomic mass is 16.5. The smallest absolute Gasteiger partial charge is 0.107 e. The van der Waals surface area contributed by atoms with Crippen LogP contribution in [0.4, 0.5) is 0 Å². The molecule has 0 unspecified atom stereocenters. The second-order valence-corrected chi connectivity index (χ2v) is 2.52. The third-order valence-corrected chi connectivity index (χ3v) is 1.72. The number of hydrogen-bond donors (Lipinski definition) is 2. The molecule has 2 N–H and O–H groups in total. The van der Waals surface area contributed by atoms with E-state index in [4.69, 9.17) is 9.84 Å². The van der Waals surface area contributed by atoms with Crippen molar-refractivity contribution >= 4 is 0 Å². The summed E-state index contributed by atoms with van der Waals surface area (Å²) in [6.07, 6.45) is -0.824. The van der Waals surface area contributed by atoms with E-state index in [0.717, 1.165) is 0 Å². The Morgan fingerprint density at radius 3 is 2.56 bits per heavy atom. The largest absolute Gasteiger partial charge is 0.394 e. The number of rotatable bonds is 1. The lowest BCUT2D eigenvalue weighted by Gasteiger charge is -2.10. The summed E-state index contributed by atoms with van der Waals surface area (Å²) in [5.41, 5.74) is 0. The molecule has 1 fully saturated rings. The van der Waals surface area contributed by atoms with Gasteiger partial charge in [-0.3, -0.25) is 0 Å². The van der Waals surface area contributed by atoms with Crippen molar-refractivity contribution in [1.82, 2.24) is 0 Å². The average molecular weight is 132 g/mol. The first-order valence-corrected chi connectivity index (χ1v) is 3.16. The maximum Gasteiger partial charge on any atom is 0.107 e. The molecule has 1 rings (SSSR count). The molecule has 0 aromatic heterocycles. The van der Waals surface area contributed by atoms with Gasteiger partial charge in [-0.2, -0.15) is 0 Å². The third kappa shape index (κ3) is 1.23. The predicted octanol–water partition coefficient (Wildman–Crippen LogP) is -0.626. The molecule has 0 saturated carbocycles. The van der Waals surface area contributed by atoms with Crippen LogP contribution in [-0.2, 0) is 4.74 Å². The molecule has 3 atom stereocenters. The molecule has 1 saturated heterocycles. The van der Waals surface area contributed by atoms with E-state index in [1.165, 1.54) is 0 Å². The van der Waals surface area contributed by atoms with E-state index in [9.17, 15) is 5.11 Å². The molecule has 3 nitrogen and oxygen atoms in total. The van der Waals surface area contributed by atoms with Crippen LogP contribution in [0, 0.1) is 5.92 Å². The van der Waals surface area contributed by atoms with E-state index >= 15 is 0 Å². The van der Waals surface area contributed by atoms with Crippen molar-refractivity contribution in [2.45, 2.75) is 19.1 Å². The van der Waals surface area contributed by atoms with Gasteiger partial charge in [0.05, 0.1) is 19.3 Å². The van der Waals surface area contributed by atoms with Gasteiger partial charge in [-0.15, -0.1) is 0 Å². The molecular formula is C6H12O3. The van der Waals surface area contributed by atoms with Gasteiger partial charge in [-0.25, -0.2) is 0 Å². The van der Waals surface area contributed by atoms with Crippen LogP contribution in [0.1, 0.15) is 6.92 Å². The van der Waals surface area contributed by atoms with E-state index in [2.05, 4.69) is 0 Å². The molecule has 1 heterocycles. The first-order valence-electron chi connectivity index (χ1n) is 3.16. The lowest BCUT2D eigenvalue weighted by atomic mass is 10.1. The molecular weight excluding hydrogens is 120 g/mol. The maximum atomic E-state index is 9.17. The van der Waals surface area contributed by atoms with Gasteiger partial charge in [0, 0.05) is 5.92 Å². The summed E-state index contributed by atoms with van der Waals surface area (Å²) in [7, 11) is 0. The Hall–Kier alpha value is -0.120. The van der Waals surface area contributed by atoms with Crippen LogP contribution >= 0.6 is 0 Å². The lowest BCUT2D eigenvalue weighted by molar-refractivity contribution is 0.00208. The molecule has 1 aliphatic heterocycles. The summed E-state index contributed by atoms with van der Waals surface area (Å²) in [4.78, 5) is 0. The average Bonchev–Trinajstić information content (AvgIpc) is 2.15. The van der Waals surface area contributed by atoms with E-state index < -0.39 is 6.10 Å². The summed E-state index contributed by atoms with van der Waals surface area (Å²) in [6, 6.07) is 0. The highest BCUT2D eigenvalue weighted by Crippen LogP contribution is 2.18. The van der Waals surface area contributed by atoms with Crippen LogP contribution < -0.4 is 0 Å². The molecule has 9 heavy (non-hydrogen) atoms. The van der Waals surface area contributed by atoms with Crippen molar-refractivity contribution in [3.8, 4) is 0 Å². The Kier molecular flexibility index (Phi) is 2.05. The monoisotopic (exact) mass is 132 g/mol. The zero-order valence-electron chi connectivity index (χ0n) is 5.45. The van der Waals surface area contributed by atoms with Gasteiger partial charge in [-0.1, -0.05) is 6.92 Å². The summed E-state index contributed by atoms with van der Waals surface area (Å²) in [6.45, 7) is 2.39. The Morgan fingerprint density at radius 2 is 2.33 bits per heavy atom. The molecule has 0 aromatic rings. The minimum absolute atomic E-state index is 0.0779. The highest BCUT2D eigenvalue weighted by molar-refractivity contribution is 4.79. The summed E-state index contributed by atoms with van der Waals surface area (Å²) in [5.74, 6) is 0.169. The quantitative estimate of drug-likeness (QED) is 0.499.